The predicted octanol–water partition coefficient (Wildman–Crippen LogP) is 2.94. The normalized spacial score (nSPS) is 12.4. The summed E-state index contributed by atoms with van der Waals surface area (Å²) in [5.41, 5.74) is 1.61. The number of carbonyl (C=O) groups excluding carboxylic acids is 1. The summed E-state index contributed by atoms with van der Waals surface area (Å²) in [6.45, 7) is 1.91. The van der Waals surface area contributed by atoms with E-state index in [-0.39, 0.29) is 22.7 Å². The summed E-state index contributed by atoms with van der Waals surface area (Å²) in [6, 6.07) is 12.6. The van der Waals surface area contributed by atoms with Crippen LogP contribution in [0.25, 0.3) is 0 Å². The monoisotopic (exact) mass is 362 g/mol. The van der Waals surface area contributed by atoms with E-state index in [1.807, 2.05) is 19.1 Å². The lowest BCUT2D eigenvalue weighted by Crippen LogP contribution is -2.36. The van der Waals surface area contributed by atoms with Gasteiger partial charge in [-0.2, -0.15) is 0 Å². The summed E-state index contributed by atoms with van der Waals surface area (Å²) < 4.78 is 22.8. The number of sulfone groups is 1. The van der Waals surface area contributed by atoms with Crippen LogP contribution in [-0.4, -0.2) is 31.9 Å². The third-order valence-corrected chi connectivity index (χ3v) is 4.85. The maximum atomic E-state index is 12.0. The second kappa shape index (κ2) is 8.02. The molecule has 0 aliphatic heterocycles. The van der Waals surface area contributed by atoms with Gasteiger partial charge < -0.3 is 15.7 Å². The minimum absolute atomic E-state index is 0.0379. The molecule has 0 aliphatic carbocycles. The Morgan fingerprint density at radius 2 is 1.68 bits per heavy atom. The highest BCUT2D eigenvalue weighted by Crippen LogP contribution is 2.14. The predicted molar refractivity (Wildman–Crippen MR) is 97.6 cm³/mol. The first kappa shape index (κ1) is 18.8. The average Bonchev–Trinajstić information content (AvgIpc) is 2.54. The molecule has 0 fully saturated rings. The number of nitrogens with one attached hydrogen (secondary N) is 2. The number of carbonyl (C=O) groups is 1. The number of benzene rings is 2. The number of aromatic hydroxyl groups is 1. The van der Waals surface area contributed by atoms with E-state index >= 15 is 0 Å². The number of aryl methyl sites for hydroxylation is 1. The molecule has 2 amide bonds. The molecule has 2 aromatic carbocycles. The van der Waals surface area contributed by atoms with Crippen molar-refractivity contribution in [2.75, 3.05) is 11.6 Å². The zero-order valence-electron chi connectivity index (χ0n) is 14.2. The van der Waals surface area contributed by atoms with Crippen LogP contribution in [0, 0.1) is 0 Å². The molecule has 1 unspecified atom stereocenters. The van der Waals surface area contributed by atoms with Gasteiger partial charge in [-0.25, -0.2) is 13.2 Å². The molecule has 1 atom stereocenters. The molecular formula is C18H22N2O4S. The van der Waals surface area contributed by atoms with Crippen LogP contribution in [0.2, 0.25) is 0 Å². The smallest absolute Gasteiger partial charge is 0.319 e. The number of hydrogen-bond acceptors (Lipinski definition) is 4. The SMILES string of the molecule is CC(CCc1ccc(O)cc1)NC(=O)Nc1ccc(S(C)(=O)=O)cc1. The van der Waals surface area contributed by atoms with Gasteiger partial charge in [-0.05, 0) is 61.7 Å². The van der Waals surface area contributed by atoms with Gasteiger partial charge in [-0.1, -0.05) is 12.1 Å². The molecular weight excluding hydrogens is 340 g/mol. The van der Waals surface area contributed by atoms with E-state index in [1.54, 1.807) is 24.3 Å². The molecule has 2 rings (SSSR count). The fourth-order valence-electron chi connectivity index (χ4n) is 2.29. The molecule has 0 radical (unpaired) electrons. The lowest BCUT2D eigenvalue weighted by Gasteiger charge is -2.15. The van der Waals surface area contributed by atoms with Crippen LogP contribution < -0.4 is 10.6 Å². The molecule has 7 heteroatoms. The zero-order valence-corrected chi connectivity index (χ0v) is 15.0. The summed E-state index contributed by atoms with van der Waals surface area (Å²) in [5.74, 6) is 0.233. The van der Waals surface area contributed by atoms with E-state index in [0.717, 1.165) is 24.7 Å². The fourth-order valence-corrected chi connectivity index (χ4v) is 2.92. The van der Waals surface area contributed by atoms with Crippen LogP contribution in [-0.2, 0) is 16.3 Å². The minimum atomic E-state index is -3.25. The quantitative estimate of drug-likeness (QED) is 0.736. The first-order chi connectivity index (χ1) is 11.7. The second-order valence-corrected chi connectivity index (χ2v) is 8.02. The van der Waals surface area contributed by atoms with Gasteiger partial charge in [0.25, 0.3) is 0 Å². The maximum absolute atomic E-state index is 12.0. The van der Waals surface area contributed by atoms with Crippen LogP contribution >= 0.6 is 0 Å². The standard InChI is InChI=1S/C18H22N2O4S/c1-13(3-4-14-5-9-16(21)10-6-14)19-18(22)20-15-7-11-17(12-8-15)25(2,23)24/h5-13,21H,3-4H2,1-2H3,(H2,19,20,22). The minimum Gasteiger partial charge on any atom is -0.508 e. The first-order valence-electron chi connectivity index (χ1n) is 7.89. The summed E-state index contributed by atoms with van der Waals surface area (Å²) in [6.07, 6.45) is 2.67. The Morgan fingerprint density at radius 1 is 1.08 bits per heavy atom. The highest BCUT2D eigenvalue weighted by molar-refractivity contribution is 7.90. The number of hydrogen-bond donors (Lipinski definition) is 3. The molecule has 6 nitrogen and oxygen atoms in total. The van der Waals surface area contributed by atoms with Gasteiger partial charge in [0.1, 0.15) is 5.75 Å². The molecule has 0 bridgehead atoms. The highest BCUT2D eigenvalue weighted by Gasteiger charge is 2.10. The van der Waals surface area contributed by atoms with E-state index < -0.39 is 9.84 Å². The summed E-state index contributed by atoms with van der Waals surface area (Å²) in [5, 5.41) is 14.8. The summed E-state index contributed by atoms with van der Waals surface area (Å²) >= 11 is 0. The van der Waals surface area contributed by atoms with E-state index in [4.69, 9.17) is 0 Å². The molecule has 2 aromatic rings. The Labute approximate surface area is 147 Å². The molecule has 0 spiro atoms. The van der Waals surface area contributed by atoms with Crippen molar-refractivity contribution in [1.29, 1.82) is 0 Å². The highest BCUT2D eigenvalue weighted by atomic mass is 32.2. The number of urea groups is 1. The topological polar surface area (TPSA) is 95.5 Å². The fraction of sp³-hybridized carbons (Fsp3) is 0.278. The van der Waals surface area contributed by atoms with Crippen molar-refractivity contribution in [1.82, 2.24) is 5.32 Å². The summed E-state index contributed by atoms with van der Waals surface area (Å²) in [4.78, 5) is 12.2. The Morgan fingerprint density at radius 3 is 2.24 bits per heavy atom. The van der Waals surface area contributed by atoms with Crippen LogP contribution in [0.1, 0.15) is 18.9 Å². The van der Waals surface area contributed by atoms with Crippen LogP contribution in [0.3, 0.4) is 0 Å². The number of rotatable bonds is 6. The van der Waals surface area contributed by atoms with Gasteiger partial charge in [-0.15, -0.1) is 0 Å². The third-order valence-electron chi connectivity index (χ3n) is 3.72. The van der Waals surface area contributed by atoms with Crippen molar-refractivity contribution in [2.24, 2.45) is 0 Å². The lowest BCUT2D eigenvalue weighted by molar-refractivity contribution is 0.248. The molecule has 0 heterocycles. The number of phenolic OH excluding ortho intramolecular Hbond substituents is 1. The van der Waals surface area contributed by atoms with E-state index in [2.05, 4.69) is 10.6 Å². The molecule has 134 valence electrons. The molecule has 3 N–H and O–H groups in total. The van der Waals surface area contributed by atoms with Crippen molar-refractivity contribution in [3.63, 3.8) is 0 Å². The van der Waals surface area contributed by atoms with E-state index in [9.17, 15) is 18.3 Å². The number of phenols is 1. The molecule has 0 saturated heterocycles. The molecule has 0 aliphatic rings. The zero-order chi connectivity index (χ0) is 18.4. The van der Waals surface area contributed by atoms with Gasteiger partial charge in [0.05, 0.1) is 4.90 Å². The Balaban J connectivity index is 1.81. The van der Waals surface area contributed by atoms with Crippen molar-refractivity contribution >= 4 is 21.6 Å². The van der Waals surface area contributed by atoms with Crippen LogP contribution in [0.5, 0.6) is 5.75 Å². The largest absolute Gasteiger partial charge is 0.508 e. The number of amides is 2. The van der Waals surface area contributed by atoms with E-state index in [0.29, 0.717) is 5.69 Å². The third kappa shape index (κ3) is 6.11. The molecule has 25 heavy (non-hydrogen) atoms. The Hall–Kier alpha value is -2.54. The van der Waals surface area contributed by atoms with Gasteiger partial charge in [0.2, 0.25) is 0 Å². The average molecular weight is 362 g/mol. The first-order valence-corrected chi connectivity index (χ1v) is 9.79. The van der Waals surface area contributed by atoms with Crippen molar-refractivity contribution in [3.05, 3.63) is 54.1 Å². The second-order valence-electron chi connectivity index (χ2n) is 6.00. The van der Waals surface area contributed by atoms with Gasteiger partial charge >= 0.3 is 6.03 Å². The van der Waals surface area contributed by atoms with Crippen molar-refractivity contribution in [2.45, 2.75) is 30.7 Å². The maximum Gasteiger partial charge on any atom is 0.319 e. The number of anilines is 1. The summed E-state index contributed by atoms with van der Waals surface area (Å²) in [7, 11) is -3.25. The van der Waals surface area contributed by atoms with Gasteiger partial charge in [0.15, 0.2) is 9.84 Å². The Bertz CT molecular complexity index is 815. The van der Waals surface area contributed by atoms with Crippen molar-refractivity contribution < 1.29 is 18.3 Å². The van der Waals surface area contributed by atoms with Crippen molar-refractivity contribution in [3.8, 4) is 5.75 Å². The van der Waals surface area contributed by atoms with Crippen LogP contribution in [0.4, 0.5) is 10.5 Å². The van der Waals surface area contributed by atoms with Gasteiger partial charge in [0, 0.05) is 18.0 Å². The van der Waals surface area contributed by atoms with E-state index in [1.165, 1.54) is 12.1 Å². The lowest BCUT2D eigenvalue weighted by atomic mass is 10.1. The van der Waals surface area contributed by atoms with Gasteiger partial charge in [-0.3, -0.25) is 0 Å². The molecule has 0 aromatic heterocycles. The Kier molecular flexibility index (Phi) is 6.03. The molecule has 0 saturated carbocycles. The van der Waals surface area contributed by atoms with Crippen LogP contribution in [0.15, 0.2) is 53.4 Å².